The lowest BCUT2D eigenvalue weighted by atomic mass is 9.81. The molecule has 0 bridgehead atoms. The Hall–Kier alpha value is -3.35. The molecule has 2 aromatic rings. The topological polar surface area (TPSA) is 105 Å². The number of carboxylic acid groups (broad SMARTS) is 1. The number of nitrogens with one attached hydrogen (secondary N) is 2. The Morgan fingerprint density at radius 2 is 1.57 bits per heavy atom. The van der Waals surface area contributed by atoms with Crippen molar-refractivity contribution in [2.45, 2.75) is 38.0 Å². The van der Waals surface area contributed by atoms with Crippen molar-refractivity contribution in [2.24, 2.45) is 23.7 Å². The van der Waals surface area contributed by atoms with Gasteiger partial charge >= 0.3 is 12.1 Å². The van der Waals surface area contributed by atoms with E-state index in [1.807, 2.05) is 24.3 Å². The van der Waals surface area contributed by atoms with Gasteiger partial charge in [0.25, 0.3) is 0 Å². The molecule has 0 radical (unpaired) electrons. The zero-order valence-electron chi connectivity index (χ0n) is 19.7. The summed E-state index contributed by atoms with van der Waals surface area (Å²) in [6.07, 6.45) is 3.51. The van der Waals surface area contributed by atoms with Gasteiger partial charge in [-0.25, -0.2) is 4.79 Å². The molecule has 35 heavy (non-hydrogen) atoms. The normalized spacial score (nSPS) is 24.7. The number of carboxylic acids is 1. The Bertz CT molecular complexity index is 1070. The van der Waals surface area contributed by atoms with Gasteiger partial charge < -0.3 is 20.5 Å². The molecular weight excluding hydrogens is 444 g/mol. The standard InChI is InChI=1S/C28H32N2O5/c31-26(29-14-17-6-5-7-18(12-17)27(32)33)24-13-19(24)15-30-28(34)35-16-25-22-10-3-1-8-20(22)21-9-2-4-11-23(21)25/h1-4,8-11,17-19,24-25H,5-7,12-16H2,(H,29,31)(H,30,34)(H,32,33)/t17?,18?,19-,24-/m1/s1. The van der Waals surface area contributed by atoms with E-state index in [-0.39, 0.29) is 42.1 Å². The molecule has 184 valence electrons. The van der Waals surface area contributed by atoms with Gasteiger partial charge in [0.2, 0.25) is 5.91 Å². The van der Waals surface area contributed by atoms with Crippen LogP contribution in [0.3, 0.4) is 0 Å². The zero-order valence-corrected chi connectivity index (χ0v) is 19.7. The van der Waals surface area contributed by atoms with Crippen molar-refractivity contribution in [1.29, 1.82) is 0 Å². The van der Waals surface area contributed by atoms with Crippen LogP contribution in [0.4, 0.5) is 4.79 Å². The molecule has 3 aliphatic rings. The lowest BCUT2D eigenvalue weighted by molar-refractivity contribution is -0.143. The first kappa shape index (κ1) is 23.4. The van der Waals surface area contributed by atoms with E-state index in [2.05, 4.69) is 34.9 Å². The molecule has 7 heteroatoms. The van der Waals surface area contributed by atoms with Crippen LogP contribution in [-0.4, -0.2) is 42.8 Å². The Labute approximate surface area is 205 Å². The second-order valence-corrected chi connectivity index (χ2v) is 10.1. The van der Waals surface area contributed by atoms with E-state index < -0.39 is 12.1 Å². The summed E-state index contributed by atoms with van der Waals surface area (Å²) in [5, 5.41) is 15.0. The third-order valence-electron chi connectivity index (χ3n) is 7.81. The van der Waals surface area contributed by atoms with E-state index in [0.717, 1.165) is 25.7 Å². The molecule has 2 saturated carbocycles. The Morgan fingerprint density at radius 3 is 2.26 bits per heavy atom. The highest BCUT2D eigenvalue weighted by Gasteiger charge is 2.43. The summed E-state index contributed by atoms with van der Waals surface area (Å²) in [7, 11) is 0. The summed E-state index contributed by atoms with van der Waals surface area (Å²) in [5.41, 5.74) is 4.73. The van der Waals surface area contributed by atoms with Gasteiger partial charge in [-0.15, -0.1) is 0 Å². The van der Waals surface area contributed by atoms with Gasteiger partial charge in [0.1, 0.15) is 6.61 Å². The third kappa shape index (κ3) is 5.19. The summed E-state index contributed by atoms with van der Waals surface area (Å²) in [6, 6.07) is 16.4. The fraction of sp³-hybridized carbons (Fsp3) is 0.464. The van der Waals surface area contributed by atoms with Gasteiger partial charge in [0, 0.05) is 24.9 Å². The minimum atomic E-state index is -0.734. The molecule has 3 aliphatic carbocycles. The van der Waals surface area contributed by atoms with Crippen LogP contribution in [0.25, 0.3) is 11.1 Å². The lowest BCUT2D eigenvalue weighted by Gasteiger charge is -2.26. The van der Waals surface area contributed by atoms with Gasteiger partial charge in [-0.2, -0.15) is 0 Å². The summed E-state index contributed by atoms with van der Waals surface area (Å²) in [4.78, 5) is 36.1. The fourth-order valence-electron chi connectivity index (χ4n) is 5.73. The minimum Gasteiger partial charge on any atom is -0.481 e. The van der Waals surface area contributed by atoms with Crippen molar-refractivity contribution in [3.05, 3.63) is 59.7 Å². The molecule has 0 saturated heterocycles. The van der Waals surface area contributed by atoms with E-state index in [1.165, 1.54) is 22.3 Å². The number of ether oxygens (including phenoxy) is 1. The van der Waals surface area contributed by atoms with Gasteiger partial charge in [-0.1, -0.05) is 55.0 Å². The number of alkyl carbamates (subject to hydrolysis) is 1. The molecule has 5 rings (SSSR count). The average Bonchev–Trinajstić information content (AvgIpc) is 3.60. The van der Waals surface area contributed by atoms with Crippen molar-refractivity contribution in [3.63, 3.8) is 0 Å². The quantitative estimate of drug-likeness (QED) is 0.531. The molecule has 0 aromatic heterocycles. The van der Waals surface area contributed by atoms with Crippen LogP contribution in [0, 0.1) is 23.7 Å². The van der Waals surface area contributed by atoms with Gasteiger partial charge in [-0.3, -0.25) is 9.59 Å². The molecule has 4 atom stereocenters. The van der Waals surface area contributed by atoms with E-state index in [1.54, 1.807) is 0 Å². The summed E-state index contributed by atoms with van der Waals surface area (Å²) in [5.74, 6) is -0.750. The Morgan fingerprint density at radius 1 is 0.886 bits per heavy atom. The van der Waals surface area contributed by atoms with Crippen molar-refractivity contribution < 1.29 is 24.2 Å². The number of rotatable bonds is 8. The van der Waals surface area contributed by atoms with Crippen molar-refractivity contribution in [1.82, 2.24) is 10.6 Å². The van der Waals surface area contributed by atoms with Crippen LogP contribution in [0.1, 0.15) is 49.1 Å². The summed E-state index contributed by atoms with van der Waals surface area (Å²) < 4.78 is 5.57. The predicted molar refractivity (Wildman–Crippen MR) is 131 cm³/mol. The number of benzene rings is 2. The van der Waals surface area contributed by atoms with E-state index in [4.69, 9.17) is 4.74 Å². The average molecular weight is 477 g/mol. The number of carbonyl (C=O) groups is 3. The van der Waals surface area contributed by atoms with Crippen LogP contribution in [0.5, 0.6) is 0 Å². The number of fused-ring (bicyclic) bond motifs is 3. The molecule has 3 N–H and O–H groups in total. The first-order chi connectivity index (χ1) is 17.0. The first-order valence-corrected chi connectivity index (χ1v) is 12.6. The van der Waals surface area contributed by atoms with Crippen LogP contribution < -0.4 is 10.6 Å². The largest absolute Gasteiger partial charge is 0.481 e. The molecule has 0 spiro atoms. The number of carbonyl (C=O) groups excluding carboxylic acids is 2. The molecule has 0 aliphatic heterocycles. The van der Waals surface area contributed by atoms with Gasteiger partial charge in [0.15, 0.2) is 0 Å². The van der Waals surface area contributed by atoms with Crippen LogP contribution in [0.15, 0.2) is 48.5 Å². The number of hydrogen-bond donors (Lipinski definition) is 3. The maximum absolute atomic E-state index is 12.5. The molecule has 0 heterocycles. The highest BCUT2D eigenvalue weighted by Crippen LogP contribution is 2.44. The van der Waals surface area contributed by atoms with Crippen molar-refractivity contribution >= 4 is 18.0 Å². The number of amides is 2. The number of hydrogen-bond acceptors (Lipinski definition) is 4. The SMILES string of the molecule is O=C(NC[C@H]1C[C@H]1C(=O)NCC1CCCC(C(=O)O)C1)OCC1c2ccccc2-c2ccccc21. The van der Waals surface area contributed by atoms with Gasteiger partial charge in [-0.05, 0) is 59.8 Å². The Balaban J connectivity index is 1.04. The van der Waals surface area contributed by atoms with Crippen LogP contribution in [0.2, 0.25) is 0 Å². The highest BCUT2D eigenvalue weighted by atomic mass is 16.5. The third-order valence-corrected chi connectivity index (χ3v) is 7.81. The first-order valence-electron chi connectivity index (χ1n) is 12.6. The second kappa shape index (κ2) is 10.1. The van der Waals surface area contributed by atoms with Crippen LogP contribution >= 0.6 is 0 Å². The smallest absolute Gasteiger partial charge is 0.407 e. The Kier molecular flexibility index (Phi) is 6.75. The molecule has 2 unspecified atom stereocenters. The van der Waals surface area contributed by atoms with Crippen molar-refractivity contribution in [2.75, 3.05) is 19.7 Å². The second-order valence-electron chi connectivity index (χ2n) is 10.1. The molecule has 2 amide bonds. The maximum atomic E-state index is 12.5. The predicted octanol–water partition coefficient (Wildman–Crippen LogP) is 4.17. The van der Waals surface area contributed by atoms with Gasteiger partial charge in [0.05, 0.1) is 5.92 Å². The highest BCUT2D eigenvalue weighted by molar-refractivity contribution is 5.82. The maximum Gasteiger partial charge on any atom is 0.407 e. The molecule has 2 fully saturated rings. The summed E-state index contributed by atoms with van der Waals surface area (Å²) in [6.45, 7) is 1.22. The number of aliphatic carboxylic acids is 1. The lowest BCUT2D eigenvalue weighted by Crippen LogP contribution is -2.35. The van der Waals surface area contributed by atoms with E-state index in [9.17, 15) is 19.5 Å². The monoisotopic (exact) mass is 476 g/mol. The van der Waals surface area contributed by atoms with E-state index in [0.29, 0.717) is 19.5 Å². The van der Waals surface area contributed by atoms with E-state index >= 15 is 0 Å². The minimum absolute atomic E-state index is 0.00165. The fourth-order valence-corrected chi connectivity index (χ4v) is 5.73. The zero-order chi connectivity index (χ0) is 24.4. The molecule has 7 nitrogen and oxygen atoms in total. The molecular formula is C28H32N2O5. The van der Waals surface area contributed by atoms with Crippen molar-refractivity contribution in [3.8, 4) is 11.1 Å². The summed E-state index contributed by atoms with van der Waals surface area (Å²) >= 11 is 0. The van der Waals surface area contributed by atoms with Crippen LogP contribution in [-0.2, 0) is 14.3 Å². The molecule has 2 aromatic carbocycles.